The molecule has 35 heavy (non-hydrogen) atoms. The highest BCUT2D eigenvalue weighted by molar-refractivity contribution is 5.97. The number of nitrogens with zero attached hydrogens (tertiary/aromatic N) is 3. The molecule has 0 N–H and O–H groups in total. The van der Waals surface area contributed by atoms with Crippen molar-refractivity contribution in [3.8, 4) is 12.1 Å². The Morgan fingerprint density at radius 3 is 1.34 bits per heavy atom. The van der Waals surface area contributed by atoms with Gasteiger partial charge in [0.15, 0.2) is 0 Å². The third kappa shape index (κ3) is 3.25. The number of nitriles is 2. The van der Waals surface area contributed by atoms with Gasteiger partial charge < -0.3 is 14.4 Å². The van der Waals surface area contributed by atoms with Crippen LogP contribution < -0.4 is 4.90 Å². The lowest BCUT2D eigenvalue weighted by molar-refractivity contribution is -0.167. The van der Waals surface area contributed by atoms with Crippen molar-refractivity contribution in [2.45, 2.75) is 12.1 Å². The van der Waals surface area contributed by atoms with E-state index in [9.17, 15) is 20.1 Å². The zero-order valence-electron chi connectivity index (χ0n) is 19.3. The van der Waals surface area contributed by atoms with Crippen molar-refractivity contribution in [3.05, 3.63) is 102 Å². The van der Waals surface area contributed by atoms with E-state index in [4.69, 9.17) is 9.47 Å². The van der Waals surface area contributed by atoms with Crippen molar-refractivity contribution in [2.24, 2.45) is 10.8 Å². The molecule has 0 bridgehead atoms. The third-order valence-electron chi connectivity index (χ3n) is 6.65. The van der Waals surface area contributed by atoms with Crippen LogP contribution in [0.1, 0.15) is 23.2 Å². The number of rotatable bonds is 5. The molecule has 1 heterocycles. The van der Waals surface area contributed by atoms with Crippen molar-refractivity contribution >= 4 is 17.6 Å². The summed E-state index contributed by atoms with van der Waals surface area (Å²) in [4.78, 5) is 29.1. The molecule has 3 aromatic carbocycles. The summed E-state index contributed by atoms with van der Waals surface area (Å²) in [5, 5.41) is 21.5. The first-order valence-electron chi connectivity index (χ1n) is 11.0. The lowest BCUT2D eigenvalue weighted by Crippen LogP contribution is -2.52. The molecule has 0 aliphatic carbocycles. The minimum absolute atomic E-state index is 0.574. The fourth-order valence-corrected chi connectivity index (χ4v) is 5.24. The van der Waals surface area contributed by atoms with Crippen molar-refractivity contribution in [1.29, 1.82) is 10.5 Å². The van der Waals surface area contributed by atoms with E-state index in [-0.39, 0.29) is 0 Å². The molecule has 7 nitrogen and oxygen atoms in total. The van der Waals surface area contributed by atoms with Gasteiger partial charge in [0.2, 0.25) is 10.8 Å². The van der Waals surface area contributed by atoms with Gasteiger partial charge in [-0.25, -0.2) is 0 Å². The fourth-order valence-electron chi connectivity index (χ4n) is 5.24. The van der Waals surface area contributed by atoms with E-state index in [2.05, 4.69) is 12.1 Å². The molecule has 7 heteroatoms. The molecule has 4 atom stereocenters. The maximum absolute atomic E-state index is 13.7. The summed E-state index contributed by atoms with van der Waals surface area (Å²) >= 11 is 0. The molecule has 0 aromatic heterocycles. The molecule has 0 spiro atoms. The Hall–Kier alpha value is -4.62. The van der Waals surface area contributed by atoms with Crippen molar-refractivity contribution in [2.75, 3.05) is 19.1 Å². The highest BCUT2D eigenvalue weighted by atomic mass is 16.5. The number of hydrogen-bond donors (Lipinski definition) is 0. The SMILES string of the molecule is COC(=O)[C@@]1(C#N)[C@H](c2ccccc2)N(c2ccccc2)[C@@H](c2ccccc2)[C@]1(C#N)C(=O)OC. The Balaban J connectivity index is 2.22. The van der Waals surface area contributed by atoms with Gasteiger partial charge in [-0.05, 0) is 23.3 Å². The van der Waals surface area contributed by atoms with Crippen LogP contribution in [0.5, 0.6) is 0 Å². The third-order valence-corrected chi connectivity index (χ3v) is 6.65. The Kier molecular flexibility index (Phi) is 6.27. The zero-order chi connectivity index (χ0) is 25.1. The molecular formula is C28H23N3O4. The van der Waals surface area contributed by atoms with Crippen molar-refractivity contribution < 1.29 is 19.1 Å². The van der Waals surface area contributed by atoms with Crippen LogP contribution in [0.25, 0.3) is 0 Å². The van der Waals surface area contributed by atoms with Gasteiger partial charge in [0.1, 0.15) is 0 Å². The van der Waals surface area contributed by atoms with Crippen LogP contribution >= 0.6 is 0 Å². The van der Waals surface area contributed by atoms with E-state index in [1.54, 1.807) is 53.4 Å². The molecule has 0 amide bonds. The molecular weight excluding hydrogens is 442 g/mol. The minimum atomic E-state index is -2.26. The normalized spacial score (nSPS) is 25.2. The summed E-state index contributed by atoms with van der Waals surface area (Å²) in [6.45, 7) is 0. The molecule has 4 rings (SSSR count). The average Bonchev–Trinajstić information content (AvgIpc) is 3.21. The van der Waals surface area contributed by atoms with Crippen LogP contribution in [-0.2, 0) is 19.1 Å². The Bertz CT molecular complexity index is 1220. The molecule has 0 unspecified atom stereocenters. The van der Waals surface area contributed by atoms with Gasteiger partial charge in [-0.15, -0.1) is 0 Å². The van der Waals surface area contributed by atoms with Crippen LogP contribution in [0.4, 0.5) is 5.69 Å². The fraction of sp³-hybridized carbons (Fsp3) is 0.214. The lowest BCUT2D eigenvalue weighted by atomic mass is 9.59. The lowest BCUT2D eigenvalue weighted by Gasteiger charge is -2.35. The smallest absolute Gasteiger partial charge is 0.331 e. The van der Waals surface area contributed by atoms with Gasteiger partial charge >= 0.3 is 11.9 Å². The van der Waals surface area contributed by atoms with Gasteiger partial charge in [-0.1, -0.05) is 78.9 Å². The van der Waals surface area contributed by atoms with E-state index >= 15 is 0 Å². The predicted molar refractivity (Wildman–Crippen MR) is 127 cm³/mol. The number of esters is 2. The second-order valence-corrected chi connectivity index (χ2v) is 8.19. The monoisotopic (exact) mass is 465 g/mol. The first-order valence-corrected chi connectivity index (χ1v) is 11.0. The molecule has 1 aliphatic rings. The number of methoxy groups -OCH3 is 2. The number of hydrogen-bond acceptors (Lipinski definition) is 7. The number of para-hydroxylation sites is 1. The average molecular weight is 466 g/mol. The highest BCUT2D eigenvalue weighted by Crippen LogP contribution is 2.67. The topological polar surface area (TPSA) is 103 Å². The number of carbonyl (C=O) groups excluding carboxylic acids is 2. The van der Waals surface area contributed by atoms with E-state index in [0.717, 1.165) is 14.2 Å². The van der Waals surface area contributed by atoms with E-state index in [1.807, 2.05) is 42.5 Å². The van der Waals surface area contributed by atoms with Gasteiger partial charge in [0, 0.05) is 5.69 Å². The molecule has 1 saturated heterocycles. The molecule has 0 saturated carbocycles. The second kappa shape index (κ2) is 9.32. The number of ether oxygens (including phenoxy) is 2. The van der Waals surface area contributed by atoms with Crippen LogP contribution in [0.3, 0.4) is 0 Å². The Morgan fingerprint density at radius 2 is 1.03 bits per heavy atom. The van der Waals surface area contributed by atoms with Crippen LogP contribution in [0.15, 0.2) is 91.0 Å². The maximum atomic E-state index is 13.7. The van der Waals surface area contributed by atoms with Crippen molar-refractivity contribution in [3.63, 3.8) is 0 Å². The van der Waals surface area contributed by atoms with Gasteiger partial charge in [0.25, 0.3) is 0 Å². The summed E-state index contributed by atoms with van der Waals surface area (Å²) in [6, 6.07) is 29.0. The summed E-state index contributed by atoms with van der Waals surface area (Å²) in [5.74, 6) is -1.97. The molecule has 1 aliphatic heterocycles. The van der Waals surface area contributed by atoms with Crippen LogP contribution in [-0.4, -0.2) is 26.2 Å². The van der Waals surface area contributed by atoms with Crippen LogP contribution in [0.2, 0.25) is 0 Å². The number of anilines is 1. The van der Waals surface area contributed by atoms with Gasteiger partial charge in [-0.2, -0.15) is 10.5 Å². The second-order valence-electron chi connectivity index (χ2n) is 8.19. The first-order chi connectivity index (χ1) is 17.0. The summed E-state index contributed by atoms with van der Waals surface area (Å²) in [7, 11) is 2.29. The van der Waals surface area contributed by atoms with Crippen LogP contribution in [0, 0.1) is 33.5 Å². The summed E-state index contributed by atoms with van der Waals surface area (Å²) in [6.07, 6.45) is 0. The molecule has 174 valence electrons. The number of benzene rings is 3. The molecule has 0 radical (unpaired) electrons. The standard InChI is InChI=1S/C28H23N3O4/c1-34-25(32)27(18-29)23(20-12-6-3-7-13-20)31(22-16-10-5-11-17-22)24(21-14-8-4-9-15-21)28(27,19-30)26(33)35-2/h3-17,23-24H,1-2H3/t23-,24-,27+,28+/m0/s1. The highest BCUT2D eigenvalue weighted by Gasteiger charge is 2.79. The largest absolute Gasteiger partial charge is 0.468 e. The van der Waals surface area contributed by atoms with Crippen molar-refractivity contribution in [1.82, 2.24) is 0 Å². The van der Waals surface area contributed by atoms with E-state index in [1.165, 1.54) is 0 Å². The molecule has 3 aromatic rings. The minimum Gasteiger partial charge on any atom is -0.468 e. The van der Waals surface area contributed by atoms with E-state index in [0.29, 0.717) is 16.8 Å². The summed E-state index contributed by atoms with van der Waals surface area (Å²) < 4.78 is 10.3. The molecule has 1 fully saturated rings. The zero-order valence-corrected chi connectivity index (χ0v) is 19.3. The van der Waals surface area contributed by atoms with E-state index < -0.39 is 34.9 Å². The maximum Gasteiger partial charge on any atom is 0.331 e. The predicted octanol–water partition coefficient (Wildman–Crippen LogP) is 4.36. The quantitative estimate of drug-likeness (QED) is 0.516. The Morgan fingerprint density at radius 1 is 0.686 bits per heavy atom. The Labute approximate surface area is 203 Å². The summed E-state index contributed by atoms with van der Waals surface area (Å²) in [5.41, 5.74) is -2.75. The first kappa shape index (κ1) is 23.5. The van der Waals surface area contributed by atoms with Gasteiger partial charge in [-0.3, -0.25) is 9.59 Å². The van der Waals surface area contributed by atoms with Gasteiger partial charge in [0.05, 0.1) is 38.4 Å². The number of carbonyl (C=O) groups is 2.